The molecule has 0 spiro atoms. The molecule has 0 aliphatic carbocycles. The smallest absolute Gasteiger partial charge is 0.171 e. The van der Waals surface area contributed by atoms with Gasteiger partial charge in [-0.3, -0.25) is 4.98 Å². The minimum absolute atomic E-state index is 0.588. The summed E-state index contributed by atoms with van der Waals surface area (Å²) in [5, 5.41) is 9.22. The maximum Gasteiger partial charge on any atom is 0.171 e. The molecule has 2 aromatic carbocycles. The quantitative estimate of drug-likeness (QED) is 0.716. The zero-order valence-corrected chi connectivity index (χ0v) is 13.6. The molecule has 5 heteroatoms. The molecule has 3 aromatic rings. The van der Waals surface area contributed by atoms with Gasteiger partial charge in [0.25, 0.3) is 0 Å². The third-order valence-corrected chi connectivity index (χ3v) is 3.79. The van der Waals surface area contributed by atoms with E-state index < -0.39 is 0 Å². The second kappa shape index (κ2) is 7.07. The van der Waals surface area contributed by atoms with Gasteiger partial charge < -0.3 is 15.4 Å². The number of aromatic nitrogens is 1. The third-order valence-electron chi connectivity index (χ3n) is 3.54. The first kappa shape index (κ1) is 15.2. The Balaban J connectivity index is 1.64. The second-order valence-corrected chi connectivity index (χ2v) is 5.47. The number of nitrogens with zero attached hydrogens (tertiary/aromatic N) is 1. The van der Waals surface area contributed by atoms with Crippen molar-refractivity contribution in [3.05, 3.63) is 66.5 Å². The molecule has 1 aromatic heterocycles. The Morgan fingerprint density at radius 3 is 2.74 bits per heavy atom. The van der Waals surface area contributed by atoms with Crippen LogP contribution in [0.3, 0.4) is 0 Å². The summed E-state index contributed by atoms with van der Waals surface area (Å²) in [6.07, 6.45) is 3.62. The van der Waals surface area contributed by atoms with E-state index in [1.807, 2.05) is 54.7 Å². The Bertz CT molecular complexity index is 813. The number of benzene rings is 2. The zero-order chi connectivity index (χ0) is 16.1. The number of pyridine rings is 1. The molecule has 0 saturated carbocycles. The number of methoxy groups -OCH3 is 1. The van der Waals surface area contributed by atoms with Crippen LogP contribution in [-0.2, 0) is 6.54 Å². The van der Waals surface area contributed by atoms with Crippen LogP contribution in [0.15, 0.2) is 60.9 Å². The average Bonchev–Trinajstić information content (AvgIpc) is 2.61. The first-order chi connectivity index (χ1) is 11.3. The lowest BCUT2D eigenvalue weighted by atomic mass is 10.1. The van der Waals surface area contributed by atoms with Gasteiger partial charge in [0.05, 0.1) is 7.11 Å². The summed E-state index contributed by atoms with van der Waals surface area (Å²) in [5.74, 6) is 0.846. The molecule has 23 heavy (non-hydrogen) atoms. The molecule has 0 aliphatic heterocycles. The molecule has 0 bridgehead atoms. The Labute approximate surface area is 140 Å². The van der Waals surface area contributed by atoms with Crippen LogP contribution < -0.4 is 15.4 Å². The van der Waals surface area contributed by atoms with Gasteiger partial charge in [-0.2, -0.15) is 0 Å². The molecule has 116 valence electrons. The number of thiocarbonyl (C=S) groups is 1. The molecule has 1 heterocycles. The highest BCUT2D eigenvalue weighted by molar-refractivity contribution is 7.80. The molecule has 2 N–H and O–H groups in total. The highest BCUT2D eigenvalue weighted by Gasteiger charge is 2.03. The Kier molecular flexibility index (Phi) is 4.68. The van der Waals surface area contributed by atoms with E-state index in [1.165, 1.54) is 0 Å². The van der Waals surface area contributed by atoms with E-state index >= 15 is 0 Å². The molecule has 0 unspecified atom stereocenters. The van der Waals surface area contributed by atoms with Gasteiger partial charge in [0.15, 0.2) is 5.11 Å². The van der Waals surface area contributed by atoms with E-state index in [1.54, 1.807) is 13.3 Å². The molecule has 0 saturated heterocycles. The number of anilines is 1. The number of hydrogen-bond donors (Lipinski definition) is 2. The summed E-state index contributed by atoms with van der Waals surface area (Å²) in [7, 11) is 1.66. The monoisotopic (exact) mass is 323 g/mol. The summed E-state index contributed by atoms with van der Waals surface area (Å²) in [6.45, 7) is 0.655. The Morgan fingerprint density at radius 2 is 1.96 bits per heavy atom. The van der Waals surface area contributed by atoms with E-state index in [9.17, 15) is 0 Å². The maximum absolute atomic E-state index is 5.38. The minimum atomic E-state index is 0.588. The summed E-state index contributed by atoms with van der Waals surface area (Å²) >= 11 is 5.38. The van der Waals surface area contributed by atoms with Crippen LogP contribution in [0.1, 0.15) is 5.56 Å². The molecule has 0 fully saturated rings. The molecule has 0 atom stereocenters. The van der Waals surface area contributed by atoms with E-state index in [0.29, 0.717) is 11.7 Å². The lowest BCUT2D eigenvalue weighted by Crippen LogP contribution is -2.27. The van der Waals surface area contributed by atoms with Gasteiger partial charge in [0.1, 0.15) is 5.75 Å². The van der Waals surface area contributed by atoms with Gasteiger partial charge in [-0.1, -0.05) is 24.3 Å². The fourth-order valence-corrected chi connectivity index (χ4v) is 2.51. The lowest BCUT2D eigenvalue weighted by molar-refractivity contribution is 0.414. The van der Waals surface area contributed by atoms with Crippen molar-refractivity contribution in [3.8, 4) is 5.75 Å². The lowest BCUT2D eigenvalue weighted by Gasteiger charge is -2.12. The number of fused-ring (bicyclic) bond motifs is 1. The third kappa shape index (κ3) is 3.76. The van der Waals surface area contributed by atoms with Crippen molar-refractivity contribution in [2.24, 2.45) is 0 Å². The summed E-state index contributed by atoms with van der Waals surface area (Å²) in [4.78, 5) is 4.14. The predicted octanol–water partition coefficient (Wildman–Crippen LogP) is 3.73. The maximum atomic E-state index is 5.38. The van der Waals surface area contributed by atoms with Crippen molar-refractivity contribution in [2.45, 2.75) is 6.54 Å². The fourth-order valence-electron chi connectivity index (χ4n) is 2.32. The predicted molar refractivity (Wildman–Crippen MR) is 97.8 cm³/mol. The van der Waals surface area contributed by atoms with Crippen LogP contribution >= 0.6 is 12.2 Å². The summed E-state index contributed by atoms with van der Waals surface area (Å²) in [5.41, 5.74) is 2.11. The van der Waals surface area contributed by atoms with Gasteiger partial charge >= 0.3 is 0 Å². The highest BCUT2D eigenvalue weighted by atomic mass is 32.1. The number of ether oxygens (including phenoxy) is 1. The molecular weight excluding hydrogens is 306 g/mol. The first-order valence-electron chi connectivity index (χ1n) is 7.27. The topological polar surface area (TPSA) is 46.2 Å². The van der Waals surface area contributed by atoms with Crippen LogP contribution in [0.2, 0.25) is 0 Å². The molecule has 4 nitrogen and oxygen atoms in total. The number of nitrogens with one attached hydrogen (secondary N) is 2. The molecule has 0 amide bonds. The van der Waals surface area contributed by atoms with Gasteiger partial charge in [0.2, 0.25) is 0 Å². The van der Waals surface area contributed by atoms with E-state index in [-0.39, 0.29) is 0 Å². The van der Waals surface area contributed by atoms with Crippen LogP contribution in [-0.4, -0.2) is 17.2 Å². The second-order valence-electron chi connectivity index (χ2n) is 5.06. The van der Waals surface area contributed by atoms with Crippen LogP contribution in [0.25, 0.3) is 10.8 Å². The minimum Gasteiger partial charge on any atom is -0.497 e. The van der Waals surface area contributed by atoms with E-state index in [4.69, 9.17) is 17.0 Å². The van der Waals surface area contributed by atoms with Gasteiger partial charge in [-0.15, -0.1) is 0 Å². The van der Waals surface area contributed by atoms with Gasteiger partial charge in [0, 0.05) is 35.4 Å². The molecular formula is C18H17N3OS. The normalized spacial score (nSPS) is 10.3. The van der Waals surface area contributed by atoms with Crippen LogP contribution in [0, 0.1) is 0 Å². The van der Waals surface area contributed by atoms with Crippen molar-refractivity contribution in [3.63, 3.8) is 0 Å². The molecule has 0 radical (unpaired) electrons. The van der Waals surface area contributed by atoms with E-state index in [0.717, 1.165) is 27.8 Å². The van der Waals surface area contributed by atoms with Crippen molar-refractivity contribution in [2.75, 3.05) is 12.4 Å². The molecule has 3 rings (SSSR count). The highest BCUT2D eigenvalue weighted by Crippen LogP contribution is 2.22. The van der Waals surface area contributed by atoms with Gasteiger partial charge in [-0.05, 0) is 42.0 Å². The van der Waals surface area contributed by atoms with Crippen LogP contribution in [0.5, 0.6) is 5.75 Å². The SMILES string of the molecule is COc1ccc(CNC(=S)Nc2cccc3cnccc23)cc1. The number of hydrogen-bond acceptors (Lipinski definition) is 3. The Morgan fingerprint density at radius 1 is 1.13 bits per heavy atom. The molecule has 0 aliphatic rings. The van der Waals surface area contributed by atoms with Crippen molar-refractivity contribution >= 4 is 33.8 Å². The van der Waals surface area contributed by atoms with Crippen molar-refractivity contribution in [1.29, 1.82) is 0 Å². The van der Waals surface area contributed by atoms with E-state index in [2.05, 4.69) is 15.6 Å². The van der Waals surface area contributed by atoms with Crippen molar-refractivity contribution in [1.82, 2.24) is 10.3 Å². The number of rotatable bonds is 4. The Hall–Kier alpha value is -2.66. The zero-order valence-electron chi connectivity index (χ0n) is 12.7. The largest absolute Gasteiger partial charge is 0.497 e. The fraction of sp³-hybridized carbons (Fsp3) is 0.111. The first-order valence-corrected chi connectivity index (χ1v) is 7.67. The van der Waals surface area contributed by atoms with Crippen molar-refractivity contribution < 1.29 is 4.74 Å². The van der Waals surface area contributed by atoms with Gasteiger partial charge in [-0.25, -0.2) is 0 Å². The summed E-state index contributed by atoms with van der Waals surface area (Å²) in [6, 6.07) is 15.9. The average molecular weight is 323 g/mol. The van der Waals surface area contributed by atoms with Crippen LogP contribution in [0.4, 0.5) is 5.69 Å². The summed E-state index contributed by atoms with van der Waals surface area (Å²) < 4.78 is 5.15. The standard InChI is InChI=1S/C18H17N3OS/c1-22-15-7-5-13(6-8-15)11-20-18(23)21-17-4-2-3-14-12-19-10-9-16(14)17/h2-10,12H,11H2,1H3,(H2,20,21,23).